The molecule has 0 aromatic heterocycles. The molecule has 1 aromatic rings. The quantitative estimate of drug-likeness (QED) is 0.833. The highest BCUT2D eigenvalue weighted by molar-refractivity contribution is 9.10. The fourth-order valence-corrected chi connectivity index (χ4v) is 2.72. The van der Waals surface area contributed by atoms with E-state index in [0.717, 1.165) is 0 Å². The summed E-state index contributed by atoms with van der Waals surface area (Å²) in [5.41, 5.74) is 0.372. The first-order valence-corrected chi connectivity index (χ1v) is 5.58. The maximum Gasteiger partial charge on any atom is 0.296 e. The Morgan fingerprint density at radius 2 is 2.08 bits per heavy atom. The summed E-state index contributed by atoms with van der Waals surface area (Å²) in [7, 11) is -4.19. The third-order valence-corrected chi connectivity index (χ3v) is 3.37. The van der Waals surface area contributed by atoms with Gasteiger partial charge in [-0.2, -0.15) is 8.42 Å². The van der Waals surface area contributed by atoms with Crippen LogP contribution in [-0.4, -0.2) is 13.0 Å². The van der Waals surface area contributed by atoms with Crippen molar-refractivity contribution in [2.75, 3.05) is 0 Å². The summed E-state index contributed by atoms with van der Waals surface area (Å²) in [6.45, 7) is 3.45. The Morgan fingerprint density at radius 1 is 1.46 bits per heavy atom. The van der Waals surface area contributed by atoms with Gasteiger partial charge in [0.05, 0.1) is 0 Å². The largest absolute Gasteiger partial charge is 0.296 e. The van der Waals surface area contributed by atoms with Crippen LogP contribution in [0.2, 0.25) is 0 Å². The highest BCUT2D eigenvalue weighted by atomic mass is 79.9. The fourth-order valence-electron chi connectivity index (χ4n) is 0.958. The van der Waals surface area contributed by atoms with Crippen LogP contribution in [-0.2, 0) is 10.1 Å². The van der Waals surface area contributed by atoms with Gasteiger partial charge >= 0.3 is 0 Å². The average Bonchev–Trinajstić information content (AvgIpc) is 2.01. The summed E-state index contributed by atoms with van der Waals surface area (Å²) in [6, 6.07) is 4.76. The van der Waals surface area contributed by atoms with E-state index in [1.807, 2.05) is 0 Å². The molecule has 0 saturated heterocycles. The molecule has 0 aliphatic carbocycles. The standard InChI is InChI=1S/C8H7BrO3S/c1-2-6-4-3-5-7(9)8(6)13(10,11)12/h2-5H,1H2,(H,10,11,12). The second kappa shape index (κ2) is 3.61. The van der Waals surface area contributed by atoms with Crippen molar-refractivity contribution in [2.45, 2.75) is 4.90 Å². The van der Waals surface area contributed by atoms with Gasteiger partial charge in [-0.1, -0.05) is 24.8 Å². The minimum Gasteiger partial charge on any atom is -0.282 e. The maximum atomic E-state index is 10.9. The van der Waals surface area contributed by atoms with Crippen LogP contribution in [0.15, 0.2) is 34.1 Å². The molecular formula is C8H7BrO3S. The van der Waals surface area contributed by atoms with Gasteiger partial charge in [0.15, 0.2) is 0 Å². The number of rotatable bonds is 2. The van der Waals surface area contributed by atoms with Crippen LogP contribution in [0.3, 0.4) is 0 Å². The van der Waals surface area contributed by atoms with Crippen LogP contribution in [0, 0.1) is 0 Å². The molecule has 3 nitrogen and oxygen atoms in total. The molecule has 0 amide bonds. The van der Waals surface area contributed by atoms with Crippen LogP contribution < -0.4 is 0 Å². The first kappa shape index (κ1) is 10.4. The molecule has 1 rings (SSSR count). The van der Waals surface area contributed by atoms with E-state index in [4.69, 9.17) is 4.55 Å². The molecule has 5 heteroatoms. The summed E-state index contributed by atoms with van der Waals surface area (Å²) < 4.78 is 31.0. The summed E-state index contributed by atoms with van der Waals surface area (Å²) in [4.78, 5) is -0.148. The van der Waals surface area contributed by atoms with Crippen LogP contribution in [0.4, 0.5) is 0 Å². The molecule has 0 fully saturated rings. The normalized spacial score (nSPS) is 11.2. The summed E-state index contributed by atoms with van der Waals surface area (Å²) in [5, 5.41) is 0. The topological polar surface area (TPSA) is 54.4 Å². The third kappa shape index (κ3) is 2.18. The van der Waals surface area contributed by atoms with Crippen LogP contribution in [0.5, 0.6) is 0 Å². The van der Waals surface area contributed by atoms with Crippen LogP contribution >= 0.6 is 15.9 Å². The lowest BCUT2D eigenvalue weighted by Gasteiger charge is -2.04. The predicted octanol–water partition coefficient (Wildman–Crippen LogP) is 2.34. The van der Waals surface area contributed by atoms with Gasteiger partial charge in [0.1, 0.15) is 4.90 Å². The van der Waals surface area contributed by atoms with Crippen molar-refractivity contribution < 1.29 is 13.0 Å². The zero-order valence-electron chi connectivity index (χ0n) is 6.57. The van der Waals surface area contributed by atoms with E-state index in [1.54, 1.807) is 12.1 Å². The second-order valence-electron chi connectivity index (χ2n) is 2.34. The Hall–Kier alpha value is -0.650. The van der Waals surface area contributed by atoms with Gasteiger partial charge in [-0.25, -0.2) is 0 Å². The smallest absolute Gasteiger partial charge is 0.282 e. The van der Waals surface area contributed by atoms with Gasteiger partial charge in [-0.05, 0) is 27.6 Å². The molecule has 0 atom stereocenters. The van der Waals surface area contributed by atoms with Crippen molar-refractivity contribution in [3.05, 3.63) is 34.8 Å². The second-order valence-corrected chi connectivity index (χ2v) is 4.55. The van der Waals surface area contributed by atoms with Crippen LogP contribution in [0.25, 0.3) is 6.08 Å². The van der Waals surface area contributed by atoms with Gasteiger partial charge < -0.3 is 0 Å². The average molecular weight is 263 g/mol. The van der Waals surface area contributed by atoms with Gasteiger partial charge in [0.25, 0.3) is 10.1 Å². The molecule has 0 radical (unpaired) electrons. The molecule has 0 spiro atoms. The lowest BCUT2D eigenvalue weighted by Crippen LogP contribution is -2.01. The molecule has 1 N–H and O–H groups in total. The molecule has 0 heterocycles. The zero-order valence-corrected chi connectivity index (χ0v) is 8.97. The molecule has 0 unspecified atom stereocenters. The van der Waals surface area contributed by atoms with E-state index in [1.165, 1.54) is 12.1 Å². The van der Waals surface area contributed by atoms with Gasteiger partial charge in [-0.3, -0.25) is 4.55 Å². The van der Waals surface area contributed by atoms with Crippen molar-refractivity contribution in [1.29, 1.82) is 0 Å². The van der Waals surface area contributed by atoms with E-state index in [9.17, 15) is 8.42 Å². The monoisotopic (exact) mass is 262 g/mol. The Labute approximate surface area is 85.0 Å². The lowest BCUT2D eigenvalue weighted by atomic mass is 10.2. The molecule has 0 aliphatic rings. The highest BCUT2D eigenvalue weighted by Crippen LogP contribution is 2.25. The molecule has 0 saturated carbocycles. The zero-order chi connectivity index (χ0) is 10.1. The number of benzene rings is 1. The minimum atomic E-state index is -4.19. The Kier molecular flexibility index (Phi) is 2.90. The maximum absolute atomic E-state index is 10.9. The van der Waals surface area contributed by atoms with Gasteiger partial charge in [-0.15, -0.1) is 0 Å². The van der Waals surface area contributed by atoms with Crippen molar-refractivity contribution in [2.24, 2.45) is 0 Å². The Bertz CT molecular complexity index is 437. The first-order chi connectivity index (χ1) is 5.96. The number of hydrogen-bond donors (Lipinski definition) is 1. The third-order valence-electron chi connectivity index (χ3n) is 1.48. The molecular weight excluding hydrogens is 256 g/mol. The van der Waals surface area contributed by atoms with Gasteiger partial charge in [0.2, 0.25) is 0 Å². The van der Waals surface area contributed by atoms with E-state index in [-0.39, 0.29) is 4.90 Å². The molecule has 70 valence electrons. The molecule has 0 bridgehead atoms. The van der Waals surface area contributed by atoms with Gasteiger partial charge in [0, 0.05) is 4.47 Å². The molecule has 13 heavy (non-hydrogen) atoms. The van der Waals surface area contributed by atoms with E-state index >= 15 is 0 Å². The molecule has 0 aliphatic heterocycles. The molecule has 1 aromatic carbocycles. The number of halogens is 1. The highest BCUT2D eigenvalue weighted by Gasteiger charge is 2.16. The van der Waals surface area contributed by atoms with E-state index in [0.29, 0.717) is 10.0 Å². The van der Waals surface area contributed by atoms with Crippen LogP contribution in [0.1, 0.15) is 5.56 Å². The Balaban J connectivity index is 3.59. The van der Waals surface area contributed by atoms with E-state index in [2.05, 4.69) is 22.5 Å². The Morgan fingerprint density at radius 3 is 2.46 bits per heavy atom. The first-order valence-electron chi connectivity index (χ1n) is 3.35. The van der Waals surface area contributed by atoms with Crippen molar-refractivity contribution in [3.63, 3.8) is 0 Å². The minimum absolute atomic E-state index is 0.148. The van der Waals surface area contributed by atoms with Crippen molar-refractivity contribution in [1.82, 2.24) is 0 Å². The summed E-state index contributed by atoms with van der Waals surface area (Å²) in [6.07, 6.45) is 1.37. The van der Waals surface area contributed by atoms with Crippen molar-refractivity contribution >= 4 is 32.1 Å². The predicted molar refractivity (Wildman–Crippen MR) is 54.0 cm³/mol. The van der Waals surface area contributed by atoms with Crippen molar-refractivity contribution in [3.8, 4) is 0 Å². The summed E-state index contributed by atoms with van der Waals surface area (Å²) >= 11 is 3.04. The fraction of sp³-hybridized carbons (Fsp3) is 0. The lowest BCUT2D eigenvalue weighted by molar-refractivity contribution is 0.482. The number of hydrogen-bond acceptors (Lipinski definition) is 2. The SMILES string of the molecule is C=Cc1cccc(Br)c1S(=O)(=O)O. The van der Waals surface area contributed by atoms with E-state index < -0.39 is 10.1 Å². The summed E-state index contributed by atoms with van der Waals surface area (Å²) in [5.74, 6) is 0.